The number of hydrazine groups is 1. The third-order valence-electron chi connectivity index (χ3n) is 2.94. The first kappa shape index (κ1) is 12.3. The zero-order valence-corrected chi connectivity index (χ0v) is 10.4. The predicted molar refractivity (Wildman–Crippen MR) is 70.0 cm³/mol. The molecule has 1 aromatic carbocycles. The number of aromatic nitrogens is 1. The van der Waals surface area contributed by atoms with E-state index < -0.39 is 0 Å². The van der Waals surface area contributed by atoms with E-state index in [0.717, 1.165) is 16.8 Å². The molecule has 3 N–H and O–H groups in total. The number of rotatable bonds is 2. The molecular formula is C13H15N3O2. The van der Waals surface area contributed by atoms with Gasteiger partial charge in [0.15, 0.2) is 5.43 Å². The molecule has 0 saturated heterocycles. The minimum atomic E-state index is -0.302. The first-order valence-corrected chi connectivity index (χ1v) is 5.63. The molecule has 0 aliphatic carbocycles. The fourth-order valence-electron chi connectivity index (χ4n) is 2.02. The molecule has 18 heavy (non-hydrogen) atoms. The largest absolute Gasteiger partial charge is 0.335 e. The van der Waals surface area contributed by atoms with Gasteiger partial charge in [-0.1, -0.05) is 11.6 Å². The van der Waals surface area contributed by atoms with Crippen molar-refractivity contribution >= 4 is 16.8 Å². The van der Waals surface area contributed by atoms with Crippen LogP contribution in [0.5, 0.6) is 0 Å². The molecule has 1 amide bonds. The Morgan fingerprint density at radius 3 is 2.72 bits per heavy atom. The van der Waals surface area contributed by atoms with Gasteiger partial charge >= 0.3 is 0 Å². The highest BCUT2D eigenvalue weighted by molar-refractivity contribution is 5.83. The number of aryl methyl sites for hydroxylation is 2. The van der Waals surface area contributed by atoms with E-state index in [1.807, 2.05) is 25.1 Å². The zero-order valence-electron chi connectivity index (χ0n) is 10.4. The van der Waals surface area contributed by atoms with E-state index in [1.54, 1.807) is 11.5 Å². The zero-order chi connectivity index (χ0) is 13.3. The van der Waals surface area contributed by atoms with E-state index in [0.29, 0.717) is 5.39 Å². The maximum atomic E-state index is 11.9. The maximum Gasteiger partial charge on any atom is 0.253 e. The predicted octanol–water partition coefficient (Wildman–Crippen LogP) is 0.608. The number of benzene rings is 1. The van der Waals surface area contributed by atoms with Gasteiger partial charge in [-0.2, -0.15) is 0 Å². The van der Waals surface area contributed by atoms with Crippen molar-refractivity contribution in [1.29, 1.82) is 0 Å². The Labute approximate surface area is 104 Å². The van der Waals surface area contributed by atoms with E-state index >= 15 is 0 Å². The van der Waals surface area contributed by atoms with Crippen molar-refractivity contribution in [3.63, 3.8) is 0 Å². The number of carbonyl (C=O) groups is 1. The van der Waals surface area contributed by atoms with Crippen LogP contribution in [0.25, 0.3) is 10.9 Å². The lowest BCUT2D eigenvalue weighted by atomic mass is 10.1. The summed E-state index contributed by atoms with van der Waals surface area (Å²) >= 11 is 0. The Balaban J connectivity index is 2.72. The number of carbonyl (C=O) groups excluding carboxylic acids is 1. The molecule has 94 valence electrons. The molecule has 0 fully saturated rings. The minimum absolute atomic E-state index is 0.0318. The molecule has 0 unspecified atom stereocenters. The first-order valence-electron chi connectivity index (χ1n) is 5.63. The second-order valence-electron chi connectivity index (χ2n) is 4.32. The molecule has 1 heterocycles. The third-order valence-corrected chi connectivity index (χ3v) is 2.94. The van der Waals surface area contributed by atoms with Crippen molar-refractivity contribution in [3.05, 3.63) is 45.7 Å². The Bertz CT molecular complexity index is 674. The summed E-state index contributed by atoms with van der Waals surface area (Å²) in [6.07, 6.45) is 0. The van der Waals surface area contributed by atoms with E-state index in [4.69, 9.17) is 5.84 Å². The van der Waals surface area contributed by atoms with Crippen LogP contribution in [0.3, 0.4) is 0 Å². The molecule has 2 aromatic rings. The number of nitrogens with two attached hydrogens (primary N) is 1. The fourth-order valence-corrected chi connectivity index (χ4v) is 2.02. The van der Waals surface area contributed by atoms with Crippen LogP contribution < -0.4 is 16.7 Å². The SMILES string of the molecule is Cc1ccc2c(c1)c(=O)cc(C)n2CC(=O)NN. The van der Waals surface area contributed by atoms with Crippen LogP contribution in [0.15, 0.2) is 29.1 Å². The lowest BCUT2D eigenvalue weighted by Gasteiger charge is -2.13. The summed E-state index contributed by atoms with van der Waals surface area (Å²) < 4.78 is 1.78. The standard InChI is InChI=1S/C13H15N3O2/c1-8-3-4-11-10(5-8)12(17)6-9(2)16(11)7-13(18)15-14/h3-6H,7,14H2,1-2H3,(H,15,18). The van der Waals surface area contributed by atoms with Crippen LogP contribution in [0, 0.1) is 13.8 Å². The van der Waals surface area contributed by atoms with Gasteiger partial charge in [-0.25, -0.2) is 5.84 Å². The number of pyridine rings is 1. The van der Waals surface area contributed by atoms with Crippen LogP contribution in [0.2, 0.25) is 0 Å². The number of fused-ring (bicyclic) bond motifs is 1. The Hall–Kier alpha value is -2.14. The Morgan fingerprint density at radius 2 is 2.06 bits per heavy atom. The van der Waals surface area contributed by atoms with Crippen LogP contribution in [-0.2, 0) is 11.3 Å². The second kappa shape index (κ2) is 4.62. The highest BCUT2D eigenvalue weighted by Gasteiger charge is 2.09. The molecule has 1 aromatic heterocycles. The second-order valence-corrected chi connectivity index (χ2v) is 4.32. The number of nitrogens with one attached hydrogen (secondary N) is 1. The van der Waals surface area contributed by atoms with E-state index in [9.17, 15) is 9.59 Å². The average molecular weight is 245 g/mol. The summed E-state index contributed by atoms with van der Waals surface area (Å²) in [6.45, 7) is 3.82. The van der Waals surface area contributed by atoms with E-state index in [1.165, 1.54) is 6.07 Å². The van der Waals surface area contributed by atoms with E-state index in [-0.39, 0.29) is 17.9 Å². The van der Waals surface area contributed by atoms with E-state index in [2.05, 4.69) is 5.43 Å². The van der Waals surface area contributed by atoms with Gasteiger partial charge in [0.2, 0.25) is 0 Å². The van der Waals surface area contributed by atoms with Gasteiger partial charge in [0.05, 0.1) is 5.52 Å². The monoisotopic (exact) mass is 245 g/mol. The molecule has 0 atom stereocenters. The highest BCUT2D eigenvalue weighted by Crippen LogP contribution is 2.14. The Morgan fingerprint density at radius 1 is 1.33 bits per heavy atom. The number of nitrogens with zero attached hydrogens (tertiary/aromatic N) is 1. The summed E-state index contributed by atoms with van der Waals surface area (Å²) in [7, 11) is 0. The Kier molecular flexibility index (Phi) is 3.16. The highest BCUT2D eigenvalue weighted by atomic mass is 16.2. The summed E-state index contributed by atoms with van der Waals surface area (Å²) in [4.78, 5) is 23.3. The summed E-state index contributed by atoms with van der Waals surface area (Å²) in [6, 6.07) is 7.13. The molecule has 0 radical (unpaired) electrons. The van der Waals surface area contributed by atoms with Crippen molar-refractivity contribution in [2.75, 3.05) is 0 Å². The molecule has 0 saturated carbocycles. The van der Waals surface area contributed by atoms with Gasteiger partial charge in [-0.15, -0.1) is 0 Å². The fraction of sp³-hybridized carbons (Fsp3) is 0.231. The van der Waals surface area contributed by atoms with Crippen molar-refractivity contribution in [2.24, 2.45) is 5.84 Å². The lowest BCUT2D eigenvalue weighted by Crippen LogP contribution is -2.34. The molecule has 5 heteroatoms. The molecule has 0 bridgehead atoms. The molecule has 0 aliphatic rings. The van der Waals surface area contributed by atoms with Gasteiger partial charge in [-0.3, -0.25) is 15.0 Å². The van der Waals surface area contributed by atoms with Crippen LogP contribution in [0.1, 0.15) is 11.3 Å². The normalized spacial score (nSPS) is 10.6. The smallest absolute Gasteiger partial charge is 0.253 e. The lowest BCUT2D eigenvalue weighted by molar-refractivity contribution is -0.121. The number of hydrogen-bond donors (Lipinski definition) is 2. The maximum absolute atomic E-state index is 11.9. The molecule has 0 aliphatic heterocycles. The number of amides is 1. The summed E-state index contributed by atoms with van der Waals surface area (Å²) in [5, 5.41) is 0.616. The van der Waals surface area contributed by atoms with Crippen molar-refractivity contribution < 1.29 is 4.79 Å². The van der Waals surface area contributed by atoms with Crippen LogP contribution in [-0.4, -0.2) is 10.5 Å². The van der Waals surface area contributed by atoms with Crippen molar-refractivity contribution in [1.82, 2.24) is 9.99 Å². The van der Waals surface area contributed by atoms with Crippen molar-refractivity contribution in [2.45, 2.75) is 20.4 Å². The van der Waals surface area contributed by atoms with Gasteiger partial charge in [0.25, 0.3) is 5.91 Å². The molecule has 0 spiro atoms. The van der Waals surface area contributed by atoms with Crippen LogP contribution in [0.4, 0.5) is 0 Å². The molecular weight excluding hydrogens is 230 g/mol. The average Bonchev–Trinajstić information content (AvgIpc) is 2.34. The quantitative estimate of drug-likeness (QED) is 0.462. The number of hydrogen-bond acceptors (Lipinski definition) is 3. The van der Waals surface area contributed by atoms with Crippen LogP contribution >= 0.6 is 0 Å². The molecule has 5 nitrogen and oxygen atoms in total. The molecule has 2 rings (SSSR count). The summed E-state index contributed by atoms with van der Waals surface area (Å²) in [5.41, 5.74) is 4.55. The van der Waals surface area contributed by atoms with Crippen molar-refractivity contribution in [3.8, 4) is 0 Å². The first-order chi connectivity index (χ1) is 8.52. The van der Waals surface area contributed by atoms with Gasteiger partial charge in [0, 0.05) is 17.1 Å². The topological polar surface area (TPSA) is 77.1 Å². The van der Waals surface area contributed by atoms with Gasteiger partial charge in [0.1, 0.15) is 6.54 Å². The minimum Gasteiger partial charge on any atom is -0.335 e. The third kappa shape index (κ3) is 2.12. The van der Waals surface area contributed by atoms with Gasteiger partial charge in [-0.05, 0) is 26.0 Å². The van der Waals surface area contributed by atoms with Gasteiger partial charge < -0.3 is 4.57 Å². The summed E-state index contributed by atoms with van der Waals surface area (Å²) in [5.74, 6) is 4.79.